The second-order valence-corrected chi connectivity index (χ2v) is 3.91. The number of methoxy groups -OCH3 is 1. The molecule has 2 rings (SSSR count). The van der Waals surface area contributed by atoms with E-state index in [0.29, 0.717) is 0 Å². The summed E-state index contributed by atoms with van der Waals surface area (Å²) in [6.07, 6.45) is 0.747. The number of rotatable bonds is 4. The van der Waals surface area contributed by atoms with Crippen LogP contribution < -0.4 is 15.8 Å². The minimum atomic E-state index is -0.759. The lowest BCUT2D eigenvalue weighted by molar-refractivity contribution is -0.384. The van der Waals surface area contributed by atoms with Crippen LogP contribution in [-0.4, -0.2) is 24.1 Å². The van der Waals surface area contributed by atoms with Gasteiger partial charge in [-0.3, -0.25) is 10.1 Å². The number of nitro benzene ring substituents is 1. The molecule has 0 spiro atoms. The quantitative estimate of drug-likeness (QED) is 0.611. The maximum Gasteiger partial charge on any atom is 0.295 e. The second-order valence-electron chi connectivity index (χ2n) is 3.91. The number of nitrogens with one attached hydrogen (secondary N) is 1. The molecule has 3 N–H and O–H groups in total. The van der Waals surface area contributed by atoms with Crippen LogP contribution in [0.25, 0.3) is 0 Å². The average Bonchev–Trinajstić information content (AvgIpc) is 2.96. The smallest absolute Gasteiger partial charge is 0.295 e. The van der Waals surface area contributed by atoms with Crippen LogP contribution in [0.4, 0.5) is 15.8 Å². The van der Waals surface area contributed by atoms with Gasteiger partial charge in [-0.15, -0.1) is 0 Å². The van der Waals surface area contributed by atoms with Gasteiger partial charge < -0.3 is 15.8 Å². The van der Waals surface area contributed by atoms with E-state index in [9.17, 15) is 14.5 Å². The largest absolute Gasteiger partial charge is 0.494 e. The topological polar surface area (TPSA) is 90.4 Å². The predicted molar refractivity (Wildman–Crippen MR) is 59.6 cm³/mol. The lowest BCUT2D eigenvalue weighted by atomic mass is 10.2. The van der Waals surface area contributed by atoms with Crippen molar-refractivity contribution in [2.45, 2.75) is 18.5 Å². The fourth-order valence-corrected chi connectivity index (χ4v) is 1.55. The van der Waals surface area contributed by atoms with Crippen LogP contribution in [0.2, 0.25) is 0 Å². The number of nitrogens with two attached hydrogens (primary N) is 1. The van der Waals surface area contributed by atoms with E-state index in [0.717, 1.165) is 12.5 Å². The Balaban J connectivity index is 2.35. The van der Waals surface area contributed by atoms with Crippen molar-refractivity contribution in [3.05, 3.63) is 28.1 Å². The summed E-state index contributed by atoms with van der Waals surface area (Å²) >= 11 is 0. The first-order valence-electron chi connectivity index (χ1n) is 5.07. The highest BCUT2D eigenvalue weighted by molar-refractivity contribution is 5.65. The number of nitrogens with zero attached hydrogens (tertiary/aromatic N) is 1. The van der Waals surface area contributed by atoms with E-state index >= 15 is 0 Å². The minimum Gasteiger partial charge on any atom is -0.494 e. The SMILES string of the molecule is COc1cc(NC2CC2N)c([N+](=O)[O-])cc1F. The summed E-state index contributed by atoms with van der Waals surface area (Å²) in [5, 5.41) is 13.7. The van der Waals surface area contributed by atoms with Crippen LogP contribution in [0.5, 0.6) is 5.75 Å². The Kier molecular flexibility index (Phi) is 2.84. The van der Waals surface area contributed by atoms with Crippen molar-refractivity contribution in [2.24, 2.45) is 5.73 Å². The van der Waals surface area contributed by atoms with Crippen molar-refractivity contribution in [3.63, 3.8) is 0 Å². The summed E-state index contributed by atoms with van der Waals surface area (Å²) in [7, 11) is 1.30. The molecule has 0 bridgehead atoms. The maximum atomic E-state index is 13.3. The van der Waals surface area contributed by atoms with Crippen molar-refractivity contribution in [1.82, 2.24) is 0 Å². The molecule has 6 nitrogen and oxygen atoms in total. The molecule has 1 saturated carbocycles. The Morgan fingerprint density at radius 2 is 2.29 bits per heavy atom. The van der Waals surface area contributed by atoms with Gasteiger partial charge in [0.1, 0.15) is 5.69 Å². The molecule has 0 radical (unpaired) electrons. The predicted octanol–water partition coefficient (Wildman–Crippen LogP) is 1.25. The summed E-state index contributed by atoms with van der Waals surface area (Å²) in [6.45, 7) is 0. The van der Waals surface area contributed by atoms with Crippen molar-refractivity contribution in [1.29, 1.82) is 0 Å². The second kappa shape index (κ2) is 4.17. The van der Waals surface area contributed by atoms with Crippen molar-refractivity contribution in [3.8, 4) is 5.75 Å². The van der Waals surface area contributed by atoms with Crippen LogP contribution in [0.1, 0.15) is 6.42 Å². The molecule has 0 aliphatic heterocycles. The van der Waals surface area contributed by atoms with Gasteiger partial charge >= 0.3 is 0 Å². The number of ether oxygens (including phenoxy) is 1. The number of hydrogen-bond acceptors (Lipinski definition) is 5. The summed E-state index contributed by atoms with van der Waals surface area (Å²) in [6, 6.07) is 2.11. The van der Waals surface area contributed by atoms with Crippen LogP contribution in [0, 0.1) is 15.9 Å². The summed E-state index contributed by atoms with van der Waals surface area (Å²) < 4.78 is 18.1. The molecule has 17 heavy (non-hydrogen) atoms. The molecule has 1 aliphatic carbocycles. The molecule has 7 heteroatoms. The zero-order chi connectivity index (χ0) is 12.6. The number of nitro groups is 1. The van der Waals surface area contributed by atoms with Gasteiger partial charge in [0.05, 0.1) is 18.1 Å². The molecule has 1 aromatic carbocycles. The van der Waals surface area contributed by atoms with Crippen LogP contribution in [0.3, 0.4) is 0 Å². The normalized spacial score (nSPS) is 22.1. The standard InChI is InChI=1S/C10H12FN3O3/c1-17-10-4-8(13-7-3-6(7)12)9(14(15)16)2-5(10)11/h2,4,6-7,13H,3,12H2,1H3. The number of benzene rings is 1. The number of halogens is 1. The lowest BCUT2D eigenvalue weighted by Crippen LogP contribution is -2.14. The lowest BCUT2D eigenvalue weighted by Gasteiger charge is -2.08. The third-order valence-electron chi connectivity index (χ3n) is 2.65. The minimum absolute atomic E-state index is 0.00358. The first kappa shape index (κ1) is 11.6. The first-order chi connectivity index (χ1) is 8.02. The average molecular weight is 241 g/mol. The third kappa shape index (κ3) is 2.28. The van der Waals surface area contributed by atoms with Gasteiger partial charge in [0.2, 0.25) is 0 Å². The van der Waals surface area contributed by atoms with Gasteiger partial charge in [0.25, 0.3) is 5.69 Å². The molecular formula is C10H12FN3O3. The van der Waals surface area contributed by atoms with Crippen LogP contribution in [-0.2, 0) is 0 Å². The molecule has 1 aromatic rings. The molecule has 92 valence electrons. The maximum absolute atomic E-state index is 13.3. The van der Waals surface area contributed by atoms with E-state index in [1.165, 1.54) is 13.2 Å². The number of anilines is 1. The van der Waals surface area contributed by atoms with Gasteiger partial charge in [0, 0.05) is 18.2 Å². The van der Waals surface area contributed by atoms with E-state index in [4.69, 9.17) is 10.5 Å². The number of hydrogen-bond donors (Lipinski definition) is 2. The zero-order valence-electron chi connectivity index (χ0n) is 9.14. The third-order valence-corrected chi connectivity index (χ3v) is 2.65. The molecule has 2 atom stereocenters. The van der Waals surface area contributed by atoms with E-state index < -0.39 is 10.7 Å². The molecule has 0 heterocycles. The van der Waals surface area contributed by atoms with Gasteiger partial charge in [-0.05, 0) is 6.42 Å². The highest BCUT2D eigenvalue weighted by Crippen LogP contribution is 2.34. The van der Waals surface area contributed by atoms with E-state index in [-0.39, 0.29) is 29.2 Å². The first-order valence-corrected chi connectivity index (χ1v) is 5.07. The molecule has 1 fully saturated rings. The van der Waals surface area contributed by atoms with Crippen molar-refractivity contribution < 1.29 is 14.1 Å². The van der Waals surface area contributed by atoms with E-state index in [1.54, 1.807) is 0 Å². The Labute approximate surface area is 96.7 Å². The monoisotopic (exact) mass is 241 g/mol. The fraction of sp³-hybridized carbons (Fsp3) is 0.400. The summed E-state index contributed by atoms with van der Waals surface area (Å²) in [5.41, 5.74) is 5.51. The Morgan fingerprint density at radius 3 is 2.76 bits per heavy atom. The Bertz CT molecular complexity index is 466. The molecule has 2 unspecified atom stereocenters. The Morgan fingerprint density at radius 1 is 1.65 bits per heavy atom. The molecule has 0 saturated heterocycles. The fourth-order valence-electron chi connectivity index (χ4n) is 1.55. The van der Waals surface area contributed by atoms with E-state index in [1.807, 2.05) is 0 Å². The van der Waals surface area contributed by atoms with Gasteiger partial charge in [-0.2, -0.15) is 0 Å². The van der Waals surface area contributed by atoms with Crippen LogP contribution in [0.15, 0.2) is 12.1 Å². The highest BCUT2D eigenvalue weighted by atomic mass is 19.1. The van der Waals surface area contributed by atoms with Crippen LogP contribution >= 0.6 is 0 Å². The van der Waals surface area contributed by atoms with Crippen molar-refractivity contribution >= 4 is 11.4 Å². The molecule has 0 amide bonds. The molecule has 1 aliphatic rings. The molecular weight excluding hydrogens is 229 g/mol. The Hall–Kier alpha value is -1.89. The van der Waals surface area contributed by atoms with Crippen molar-refractivity contribution in [2.75, 3.05) is 12.4 Å². The van der Waals surface area contributed by atoms with Gasteiger partial charge in [-0.1, -0.05) is 0 Å². The van der Waals surface area contributed by atoms with Gasteiger partial charge in [-0.25, -0.2) is 4.39 Å². The van der Waals surface area contributed by atoms with Gasteiger partial charge in [0.15, 0.2) is 11.6 Å². The molecule has 0 aromatic heterocycles. The summed E-state index contributed by atoms with van der Waals surface area (Å²) in [5.74, 6) is -0.794. The van der Waals surface area contributed by atoms with E-state index in [2.05, 4.69) is 5.32 Å². The summed E-state index contributed by atoms with van der Waals surface area (Å²) in [4.78, 5) is 10.1. The highest BCUT2D eigenvalue weighted by Gasteiger charge is 2.35. The zero-order valence-corrected chi connectivity index (χ0v) is 9.14.